The Morgan fingerprint density at radius 2 is 1.81 bits per heavy atom. The van der Waals surface area contributed by atoms with Gasteiger partial charge in [0.15, 0.2) is 6.04 Å². The van der Waals surface area contributed by atoms with Gasteiger partial charge < -0.3 is 5.32 Å². The Labute approximate surface area is 163 Å². The van der Waals surface area contributed by atoms with Crippen molar-refractivity contribution in [2.24, 2.45) is 0 Å². The van der Waals surface area contributed by atoms with E-state index in [4.69, 9.17) is 5.26 Å². The number of nitrogens with one attached hydrogen (secondary N) is 1. The number of carbonyl (C=O) groups is 1. The minimum atomic E-state index is -4.70. The molecule has 1 atom stereocenters. The Bertz CT molecular complexity index is 830. The molecule has 27 heavy (non-hydrogen) atoms. The summed E-state index contributed by atoms with van der Waals surface area (Å²) in [6.45, 7) is 4.00. The number of halogens is 4. The third kappa shape index (κ3) is 6.87. The van der Waals surface area contributed by atoms with Crippen molar-refractivity contribution in [2.75, 3.05) is 0 Å². The summed E-state index contributed by atoms with van der Waals surface area (Å²) in [6.07, 6.45) is -3.58. The maximum Gasteiger partial charge on any atom is 0.412 e. The number of alkyl halides is 3. The molecule has 0 bridgehead atoms. The number of nitriles is 1. The lowest BCUT2D eigenvalue weighted by atomic mass is 10.1. The van der Waals surface area contributed by atoms with Gasteiger partial charge in [-0.3, -0.25) is 4.79 Å². The smallest absolute Gasteiger partial charge is 0.336 e. The number of pyridine rings is 1. The van der Waals surface area contributed by atoms with E-state index < -0.39 is 23.7 Å². The third-order valence-corrected chi connectivity index (χ3v) is 3.57. The molecule has 4 nitrogen and oxygen atoms in total. The van der Waals surface area contributed by atoms with Crippen molar-refractivity contribution in [3.05, 3.63) is 70.0 Å². The van der Waals surface area contributed by atoms with Crippen LogP contribution < -0.4 is 5.32 Å². The van der Waals surface area contributed by atoms with Gasteiger partial charge >= 0.3 is 6.18 Å². The molecular weight excluding hydrogens is 423 g/mol. The molecule has 0 radical (unpaired) electrons. The highest BCUT2D eigenvalue weighted by atomic mass is 79.9. The summed E-state index contributed by atoms with van der Waals surface area (Å²) in [6, 6.07) is 11.1. The molecule has 2 rings (SSSR count). The van der Waals surface area contributed by atoms with Crippen LogP contribution in [0.5, 0.6) is 0 Å². The van der Waals surface area contributed by atoms with Crippen LogP contribution in [0.4, 0.5) is 13.2 Å². The van der Waals surface area contributed by atoms with Crippen LogP contribution in [0, 0.1) is 11.3 Å². The molecule has 1 heterocycles. The van der Waals surface area contributed by atoms with Crippen molar-refractivity contribution in [1.29, 1.82) is 5.26 Å². The van der Waals surface area contributed by atoms with Crippen molar-refractivity contribution in [3.63, 3.8) is 0 Å². The number of rotatable bonds is 4. The number of aromatic nitrogens is 1. The molecule has 1 aromatic carbocycles. The lowest BCUT2D eigenvalue weighted by Crippen LogP contribution is -2.38. The van der Waals surface area contributed by atoms with Crippen molar-refractivity contribution in [1.82, 2.24) is 10.3 Å². The van der Waals surface area contributed by atoms with Crippen molar-refractivity contribution >= 4 is 27.9 Å². The van der Waals surface area contributed by atoms with Gasteiger partial charge in [-0.2, -0.15) is 18.4 Å². The van der Waals surface area contributed by atoms with E-state index in [0.717, 1.165) is 6.08 Å². The zero-order chi connectivity index (χ0) is 20.4. The van der Waals surface area contributed by atoms with E-state index >= 15 is 0 Å². The summed E-state index contributed by atoms with van der Waals surface area (Å²) in [7, 11) is 0. The van der Waals surface area contributed by atoms with Gasteiger partial charge in [-0.05, 0) is 39.7 Å². The van der Waals surface area contributed by atoms with E-state index in [1.165, 1.54) is 30.3 Å². The van der Waals surface area contributed by atoms with E-state index in [9.17, 15) is 18.0 Å². The summed E-state index contributed by atoms with van der Waals surface area (Å²) in [5.74, 6) is -1.13. The minimum absolute atomic E-state index is 0.124. The Morgan fingerprint density at radius 1 is 1.19 bits per heavy atom. The van der Waals surface area contributed by atoms with Gasteiger partial charge in [-0.15, -0.1) is 0 Å². The Hall–Kier alpha value is -2.66. The first kappa shape index (κ1) is 22.4. The quantitative estimate of drug-likeness (QED) is 0.404. The van der Waals surface area contributed by atoms with Crippen LogP contribution in [-0.4, -0.2) is 17.1 Å². The molecular formula is C19H17BrF3N3O. The van der Waals surface area contributed by atoms with Crippen molar-refractivity contribution in [3.8, 4) is 6.07 Å². The molecule has 8 heteroatoms. The number of hydrogen-bond acceptors (Lipinski definition) is 3. The average Bonchev–Trinajstić information content (AvgIpc) is 2.65. The topological polar surface area (TPSA) is 65.8 Å². The van der Waals surface area contributed by atoms with E-state index in [1.54, 1.807) is 24.3 Å². The second kappa shape index (κ2) is 10.5. The summed E-state index contributed by atoms with van der Waals surface area (Å²) >= 11 is 3.14. The molecule has 0 aliphatic rings. The number of carbonyl (C=O) groups excluding carboxylic acids is 1. The van der Waals surface area contributed by atoms with Gasteiger partial charge in [-0.25, -0.2) is 4.98 Å². The second-order valence-electron chi connectivity index (χ2n) is 4.91. The van der Waals surface area contributed by atoms with Crippen LogP contribution >= 0.6 is 15.9 Å². The van der Waals surface area contributed by atoms with Crippen LogP contribution in [0.2, 0.25) is 0 Å². The minimum Gasteiger partial charge on any atom is -0.336 e. The van der Waals surface area contributed by atoms with Gasteiger partial charge in [0.2, 0.25) is 0 Å². The molecule has 0 fully saturated rings. The summed E-state index contributed by atoms with van der Waals surface area (Å²) in [5.41, 5.74) is -0.332. The number of amides is 1. The molecule has 0 spiro atoms. The van der Waals surface area contributed by atoms with Crippen LogP contribution in [0.1, 0.15) is 31.1 Å². The lowest BCUT2D eigenvalue weighted by molar-refractivity contribution is -0.162. The molecule has 142 valence electrons. The van der Waals surface area contributed by atoms with E-state index in [2.05, 4.69) is 20.9 Å². The number of benzene rings is 1. The van der Waals surface area contributed by atoms with Crippen molar-refractivity contribution in [2.45, 2.75) is 26.1 Å². The van der Waals surface area contributed by atoms with Gasteiger partial charge in [0.25, 0.3) is 5.91 Å². The zero-order valence-electron chi connectivity index (χ0n) is 14.6. The van der Waals surface area contributed by atoms with Gasteiger partial charge in [0.1, 0.15) is 16.2 Å². The zero-order valence-corrected chi connectivity index (χ0v) is 16.2. The fraction of sp³-hybridized carbons (Fsp3) is 0.211. The second-order valence-corrected chi connectivity index (χ2v) is 5.73. The van der Waals surface area contributed by atoms with Crippen LogP contribution in [0.15, 0.2) is 58.7 Å². The number of hydrogen-bond donors (Lipinski definition) is 1. The van der Waals surface area contributed by atoms with Gasteiger partial charge in [0, 0.05) is 0 Å². The Kier molecular flexibility index (Phi) is 8.69. The van der Waals surface area contributed by atoms with E-state index in [1.807, 2.05) is 19.2 Å². The maximum absolute atomic E-state index is 13.3. The molecule has 0 saturated heterocycles. The Morgan fingerprint density at radius 3 is 2.33 bits per heavy atom. The summed E-state index contributed by atoms with van der Waals surface area (Å²) in [5, 5.41) is 11.0. The molecule has 1 N–H and O–H groups in total. The first-order chi connectivity index (χ1) is 12.8. The maximum atomic E-state index is 13.3. The molecule has 0 saturated carbocycles. The molecule has 0 aliphatic heterocycles. The first-order valence-electron chi connectivity index (χ1n) is 7.98. The predicted molar refractivity (Wildman–Crippen MR) is 100 cm³/mol. The fourth-order valence-electron chi connectivity index (χ4n) is 2.01. The standard InChI is InChI=1S/C17H11BrF3N3O.C2H6/c18-14-8-4-7-13(23-14)9-12(10-22)16(25)24-15(17(19,20)21)11-5-2-1-3-6-11;1-2/h1-9,15H,(H,24,25);1-2H3/b12-9+;. The monoisotopic (exact) mass is 439 g/mol. The first-order valence-corrected chi connectivity index (χ1v) is 8.77. The lowest BCUT2D eigenvalue weighted by Gasteiger charge is -2.21. The summed E-state index contributed by atoms with van der Waals surface area (Å²) < 4.78 is 40.3. The van der Waals surface area contributed by atoms with Crippen LogP contribution in [0.25, 0.3) is 6.08 Å². The fourth-order valence-corrected chi connectivity index (χ4v) is 2.37. The largest absolute Gasteiger partial charge is 0.412 e. The molecule has 1 unspecified atom stereocenters. The van der Waals surface area contributed by atoms with Crippen molar-refractivity contribution < 1.29 is 18.0 Å². The molecule has 1 aromatic heterocycles. The normalized spacial score (nSPS) is 12.3. The molecule has 0 aliphatic carbocycles. The highest BCUT2D eigenvalue weighted by Gasteiger charge is 2.42. The highest BCUT2D eigenvalue weighted by molar-refractivity contribution is 9.10. The molecule has 1 amide bonds. The molecule has 2 aromatic rings. The van der Waals surface area contributed by atoms with Crippen LogP contribution in [0.3, 0.4) is 0 Å². The predicted octanol–water partition coefficient (Wildman–Crippen LogP) is 5.20. The Balaban J connectivity index is 0.00000176. The van der Waals surface area contributed by atoms with Gasteiger partial charge in [0.05, 0.1) is 5.69 Å². The summed E-state index contributed by atoms with van der Waals surface area (Å²) in [4.78, 5) is 16.2. The SMILES string of the molecule is CC.N#C/C(=C\c1cccc(Br)n1)C(=O)NC(c1ccccc1)C(F)(F)F. The van der Waals surface area contributed by atoms with Gasteiger partial charge in [-0.1, -0.05) is 50.2 Å². The average molecular weight is 440 g/mol. The van der Waals surface area contributed by atoms with E-state index in [-0.39, 0.29) is 11.3 Å². The van der Waals surface area contributed by atoms with Crippen LogP contribution in [-0.2, 0) is 4.79 Å². The highest BCUT2D eigenvalue weighted by Crippen LogP contribution is 2.32. The third-order valence-electron chi connectivity index (χ3n) is 3.13. The van der Waals surface area contributed by atoms with E-state index in [0.29, 0.717) is 4.60 Å². The number of nitrogens with zero attached hydrogens (tertiary/aromatic N) is 2.